The van der Waals surface area contributed by atoms with Crippen LogP contribution in [0, 0.1) is 5.82 Å². The number of rotatable bonds is 1. The molecule has 0 bridgehead atoms. The Hall–Kier alpha value is -1.97. The van der Waals surface area contributed by atoms with Gasteiger partial charge in [-0.15, -0.1) is 0 Å². The van der Waals surface area contributed by atoms with E-state index in [2.05, 4.69) is 9.97 Å². The number of fused-ring (bicyclic) bond motifs is 1. The van der Waals surface area contributed by atoms with E-state index in [9.17, 15) is 4.39 Å². The maximum Gasteiger partial charge on any atom is 0.229 e. The highest BCUT2D eigenvalue weighted by Gasteiger charge is 2.22. The molecule has 1 aromatic heterocycles. The van der Waals surface area contributed by atoms with Crippen molar-refractivity contribution in [3.8, 4) is 0 Å². The van der Waals surface area contributed by atoms with Crippen molar-refractivity contribution in [2.75, 3.05) is 11.4 Å². The third-order valence-corrected chi connectivity index (χ3v) is 2.73. The maximum atomic E-state index is 13.0. The Morgan fingerprint density at radius 2 is 2.00 bits per heavy atom. The molecule has 0 aliphatic carbocycles. The lowest BCUT2D eigenvalue weighted by molar-refractivity contribution is 0.626. The summed E-state index contributed by atoms with van der Waals surface area (Å²) in [5.74, 6) is 0.488. The first-order chi connectivity index (χ1) is 7.84. The third-order valence-electron chi connectivity index (χ3n) is 2.73. The molecule has 0 N–H and O–H groups in total. The van der Waals surface area contributed by atoms with Crippen molar-refractivity contribution in [1.82, 2.24) is 9.97 Å². The van der Waals surface area contributed by atoms with Gasteiger partial charge in [-0.05, 0) is 36.2 Å². The predicted octanol–water partition coefficient (Wildman–Crippen LogP) is 2.31. The van der Waals surface area contributed by atoms with Gasteiger partial charge in [-0.3, -0.25) is 0 Å². The molecule has 0 saturated heterocycles. The van der Waals surface area contributed by atoms with Crippen LogP contribution < -0.4 is 4.90 Å². The van der Waals surface area contributed by atoms with E-state index in [0.29, 0.717) is 5.95 Å². The molecule has 0 saturated carbocycles. The summed E-state index contributed by atoms with van der Waals surface area (Å²) in [6.45, 7) is 0.808. The minimum atomic E-state index is -0.186. The summed E-state index contributed by atoms with van der Waals surface area (Å²) < 4.78 is 13.0. The number of anilines is 2. The van der Waals surface area contributed by atoms with Crippen molar-refractivity contribution in [2.45, 2.75) is 6.42 Å². The molecule has 1 aliphatic heterocycles. The average molecular weight is 215 g/mol. The fourth-order valence-electron chi connectivity index (χ4n) is 2.01. The van der Waals surface area contributed by atoms with Crippen molar-refractivity contribution >= 4 is 11.6 Å². The molecule has 0 atom stereocenters. The minimum Gasteiger partial charge on any atom is -0.310 e. The fraction of sp³-hybridized carbons (Fsp3) is 0.167. The van der Waals surface area contributed by atoms with E-state index in [1.165, 1.54) is 6.07 Å². The second-order valence-electron chi connectivity index (χ2n) is 3.72. The van der Waals surface area contributed by atoms with Crippen LogP contribution in [-0.2, 0) is 6.42 Å². The van der Waals surface area contributed by atoms with Gasteiger partial charge in [-0.2, -0.15) is 0 Å². The van der Waals surface area contributed by atoms with Crippen molar-refractivity contribution in [1.29, 1.82) is 0 Å². The molecule has 1 aliphatic rings. The summed E-state index contributed by atoms with van der Waals surface area (Å²) in [6.07, 6.45) is 4.26. The first-order valence-electron chi connectivity index (χ1n) is 5.17. The first kappa shape index (κ1) is 9.27. The lowest BCUT2D eigenvalue weighted by Gasteiger charge is -2.16. The van der Waals surface area contributed by atoms with E-state index in [0.717, 1.165) is 24.2 Å². The highest BCUT2D eigenvalue weighted by atomic mass is 19.1. The van der Waals surface area contributed by atoms with Crippen LogP contribution in [0.5, 0.6) is 0 Å². The van der Waals surface area contributed by atoms with Crippen LogP contribution in [0.1, 0.15) is 5.56 Å². The molecular weight excluding hydrogens is 205 g/mol. The van der Waals surface area contributed by atoms with Gasteiger partial charge in [0.25, 0.3) is 0 Å². The molecule has 1 aromatic carbocycles. The Morgan fingerprint density at radius 3 is 2.81 bits per heavy atom. The highest BCUT2D eigenvalue weighted by molar-refractivity contribution is 5.65. The van der Waals surface area contributed by atoms with Gasteiger partial charge < -0.3 is 4.90 Å². The Morgan fingerprint density at radius 1 is 1.19 bits per heavy atom. The van der Waals surface area contributed by atoms with Crippen molar-refractivity contribution in [3.63, 3.8) is 0 Å². The Bertz CT molecular complexity index is 513. The normalized spacial score (nSPS) is 13.9. The lowest BCUT2D eigenvalue weighted by atomic mass is 10.2. The molecule has 80 valence electrons. The van der Waals surface area contributed by atoms with Crippen LogP contribution in [0.4, 0.5) is 16.0 Å². The summed E-state index contributed by atoms with van der Waals surface area (Å²) in [5.41, 5.74) is 2.03. The number of hydrogen-bond donors (Lipinski definition) is 0. The van der Waals surface area contributed by atoms with Crippen LogP contribution in [0.25, 0.3) is 0 Å². The largest absolute Gasteiger partial charge is 0.310 e. The predicted molar refractivity (Wildman–Crippen MR) is 59.1 cm³/mol. The van der Waals surface area contributed by atoms with Gasteiger partial charge in [0, 0.05) is 24.6 Å². The maximum absolute atomic E-state index is 13.0. The molecule has 0 spiro atoms. The lowest BCUT2D eigenvalue weighted by Crippen LogP contribution is -2.15. The van der Waals surface area contributed by atoms with E-state index in [1.807, 2.05) is 4.90 Å². The van der Waals surface area contributed by atoms with Crippen molar-refractivity contribution < 1.29 is 4.39 Å². The topological polar surface area (TPSA) is 29.0 Å². The van der Waals surface area contributed by atoms with Gasteiger partial charge in [-0.1, -0.05) is 0 Å². The summed E-state index contributed by atoms with van der Waals surface area (Å²) in [7, 11) is 0. The minimum absolute atomic E-state index is 0.186. The fourth-order valence-corrected chi connectivity index (χ4v) is 2.01. The van der Waals surface area contributed by atoms with Gasteiger partial charge in [-0.25, -0.2) is 14.4 Å². The Kier molecular flexibility index (Phi) is 2.06. The molecule has 0 unspecified atom stereocenters. The molecular formula is C12H10FN3. The summed E-state index contributed by atoms with van der Waals surface area (Å²) in [5, 5.41) is 0. The number of aromatic nitrogens is 2. The highest BCUT2D eigenvalue weighted by Crippen LogP contribution is 2.32. The molecule has 0 radical (unpaired) electrons. The van der Waals surface area contributed by atoms with Crippen LogP contribution in [0.2, 0.25) is 0 Å². The zero-order chi connectivity index (χ0) is 11.0. The molecule has 2 heterocycles. The van der Waals surface area contributed by atoms with Gasteiger partial charge in [0.15, 0.2) is 0 Å². The summed E-state index contributed by atoms with van der Waals surface area (Å²) in [4.78, 5) is 10.4. The second kappa shape index (κ2) is 3.56. The summed E-state index contributed by atoms with van der Waals surface area (Å²) in [6, 6.07) is 6.62. The zero-order valence-corrected chi connectivity index (χ0v) is 8.60. The molecule has 3 rings (SSSR count). The second-order valence-corrected chi connectivity index (χ2v) is 3.72. The Labute approximate surface area is 92.6 Å². The number of hydrogen-bond acceptors (Lipinski definition) is 3. The average Bonchev–Trinajstić information content (AvgIpc) is 2.73. The van der Waals surface area contributed by atoms with E-state index in [4.69, 9.17) is 0 Å². The van der Waals surface area contributed by atoms with Crippen molar-refractivity contribution in [2.24, 2.45) is 0 Å². The third kappa shape index (κ3) is 1.43. The van der Waals surface area contributed by atoms with E-state index >= 15 is 0 Å². The number of halogens is 1. The quantitative estimate of drug-likeness (QED) is 0.731. The molecule has 3 nitrogen and oxygen atoms in total. The van der Waals surface area contributed by atoms with Gasteiger partial charge >= 0.3 is 0 Å². The number of nitrogens with zero attached hydrogens (tertiary/aromatic N) is 3. The van der Waals surface area contributed by atoms with Crippen molar-refractivity contribution in [3.05, 3.63) is 48.0 Å². The molecule has 0 fully saturated rings. The Balaban J connectivity index is 2.04. The molecule has 4 heteroatoms. The van der Waals surface area contributed by atoms with Crippen LogP contribution in [-0.4, -0.2) is 16.5 Å². The molecule has 2 aromatic rings. The zero-order valence-electron chi connectivity index (χ0n) is 8.60. The molecule has 0 amide bonds. The van der Waals surface area contributed by atoms with Gasteiger partial charge in [0.05, 0.1) is 0 Å². The monoisotopic (exact) mass is 215 g/mol. The van der Waals surface area contributed by atoms with Gasteiger partial charge in [0.1, 0.15) is 5.82 Å². The molecule has 16 heavy (non-hydrogen) atoms. The van der Waals surface area contributed by atoms with Crippen LogP contribution in [0.3, 0.4) is 0 Å². The summed E-state index contributed by atoms with van der Waals surface area (Å²) >= 11 is 0. The van der Waals surface area contributed by atoms with Gasteiger partial charge in [0.2, 0.25) is 5.95 Å². The van der Waals surface area contributed by atoms with E-state index in [1.54, 1.807) is 30.6 Å². The number of benzene rings is 1. The van der Waals surface area contributed by atoms with Crippen LogP contribution in [0.15, 0.2) is 36.7 Å². The van der Waals surface area contributed by atoms with E-state index in [-0.39, 0.29) is 5.82 Å². The smallest absolute Gasteiger partial charge is 0.229 e. The van der Waals surface area contributed by atoms with Crippen LogP contribution >= 0.6 is 0 Å². The van der Waals surface area contributed by atoms with E-state index < -0.39 is 0 Å². The standard InChI is InChI=1S/C12H10FN3/c13-10-2-3-11-9(8-10)4-7-16(11)12-14-5-1-6-15-12/h1-3,5-6,8H,4,7H2. The first-order valence-corrected chi connectivity index (χ1v) is 5.17. The SMILES string of the molecule is Fc1ccc2c(c1)CCN2c1ncccn1.